The lowest BCUT2D eigenvalue weighted by Gasteiger charge is -2.14. The normalized spacial score (nSPS) is 11.4. The summed E-state index contributed by atoms with van der Waals surface area (Å²) in [6.07, 6.45) is -4.56. The topological polar surface area (TPSA) is 12.0 Å². The first-order valence-electron chi connectivity index (χ1n) is 5.71. The van der Waals surface area contributed by atoms with Crippen molar-refractivity contribution >= 4 is 28.3 Å². The summed E-state index contributed by atoms with van der Waals surface area (Å²) in [5.41, 5.74) is -0.226. The Morgan fingerprint density at radius 2 is 1.65 bits per heavy atom. The lowest BCUT2D eigenvalue weighted by atomic mass is 10.1. The summed E-state index contributed by atoms with van der Waals surface area (Å²) in [5.74, 6) is -0.893. The third kappa shape index (κ3) is 3.84. The third-order valence-electron chi connectivity index (χ3n) is 2.70. The molecule has 0 bridgehead atoms. The van der Waals surface area contributed by atoms with Crippen LogP contribution in [0.2, 0.25) is 0 Å². The van der Waals surface area contributed by atoms with Crippen molar-refractivity contribution in [1.82, 2.24) is 0 Å². The number of nitrogens with one attached hydrogen (secondary N) is 1. The summed E-state index contributed by atoms with van der Waals surface area (Å²) < 4.78 is 52.4. The second-order valence-electron chi connectivity index (χ2n) is 4.16. The molecule has 0 saturated heterocycles. The van der Waals surface area contributed by atoms with Crippen molar-refractivity contribution in [1.29, 1.82) is 0 Å². The van der Waals surface area contributed by atoms with Gasteiger partial charge in [-0.25, -0.2) is 4.39 Å². The maximum absolute atomic E-state index is 13.0. The lowest BCUT2D eigenvalue weighted by molar-refractivity contribution is -0.138. The van der Waals surface area contributed by atoms with Crippen molar-refractivity contribution in [2.75, 3.05) is 5.32 Å². The summed E-state index contributed by atoms with van der Waals surface area (Å²) in [5, 5.41) is 2.89. The van der Waals surface area contributed by atoms with Gasteiger partial charge in [-0.05, 0) is 64.6 Å². The molecule has 0 fully saturated rings. The van der Waals surface area contributed by atoms with E-state index in [1.165, 1.54) is 0 Å². The second kappa shape index (κ2) is 5.99. The van der Waals surface area contributed by atoms with Crippen LogP contribution in [0.15, 0.2) is 42.5 Å². The molecule has 0 atom stereocenters. The molecular formula is C14H10F4IN. The van der Waals surface area contributed by atoms with Crippen molar-refractivity contribution in [3.8, 4) is 0 Å². The van der Waals surface area contributed by atoms with Gasteiger partial charge in [0.2, 0.25) is 0 Å². The predicted octanol–water partition coefficient (Wildman–Crippen LogP) is 5.06. The predicted molar refractivity (Wildman–Crippen MR) is 77.9 cm³/mol. The van der Waals surface area contributed by atoms with E-state index >= 15 is 0 Å². The van der Waals surface area contributed by atoms with Gasteiger partial charge in [-0.15, -0.1) is 0 Å². The Kier molecular flexibility index (Phi) is 4.52. The van der Waals surface area contributed by atoms with Gasteiger partial charge in [0, 0.05) is 15.8 Å². The average Bonchev–Trinajstić information content (AvgIpc) is 2.38. The van der Waals surface area contributed by atoms with E-state index in [1.54, 1.807) is 12.1 Å². The highest BCUT2D eigenvalue weighted by atomic mass is 127. The highest BCUT2D eigenvalue weighted by Crippen LogP contribution is 2.32. The zero-order valence-electron chi connectivity index (χ0n) is 10.1. The van der Waals surface area contributed by atoms with Crippen LogP contribution in [0.5, 0.6) is 0 Å². The molecule has 106 valence electrons. The van der Waals surface area contributed by atoms with Gasteiger partial charge in [-0.3, -0.25) is 0 Å². The summed E-state index contributed by atoms with van der Waals surface area (Å²) in [7, 11) is 0. The third-order valence-corrected chi connectivity index (χ3v) is 3.42. The first kappa shape index (κ1) is 15.1. The standard InChI is InChI=1S/C14H10F4IN/c15-10-2-1-9(13(7-10)14(16,17)18)8-20-12-5-3-11(19)4-6-12/h1-7,20H,8H2. The van der Waals surface area contributed by atoms with E-state index in [2.05, 4.69) is 27.9 Å². The van der Waals surface area contributed by atoms with Crippen LogP contribution in [0.4, 0.5) is 23.2 Å². The molecule has 0 heterocycles. The van der Waals surface area contributed by atoms with E-state index in [4.69, 9.17) is 0 Å². The smallest absolute Gasteiger partial charge is 0.381 e. The van der Waals surface area contributed by atoms with E-state index in [0.29, 0.717) is 11.8 Å². The van der Waals surface area contributed by atoms with Crippen LogP contribution in [-0.4, -0.2) is 0 Å². The number of rotatable bonds is 3. The van der Waals surface area contributed by atoms with Crippen LogP contribution in [0.1, 0.15) is 11.1 Å². The zero-order valence-corrected chi connectivity index (χ0v) is 12.3. The molecule has 0 aliphatic heterocycles. The van der Waals surface area contributed by atoms with Crippen LogP contribution in [0.25, 0.3) is 0 Å². The molecule has 2 aromatic rings. The Balaban J connectivity index is 2.19. The van der Waals surface area contributed by atoms with Gasteiger partial charge < -0.3 is 5.32 Å². The van der Waals surface area contributed by atoms with Crippen molar-refractivity contribution in [3.63, 3.8) is 0 Å². The fraction of sp³-hybridized carbons (Fsp3) is 0.143. The lowest BCUT2D eigenvalue weighted by Crippen LogP contribution is -2.12. The molecule has 0 amide bonds. The molecule has 6 heteroatoms. The minimum Gasteiger partial charge on any atom is -0.381 e. The van der Waals surface area contributed by atoms with E-state index in [-0.39, 0.29) is 12.1 Å². The fourth-order valence-corrected chi connectivity index (χ4v) is 2.09. The van der Waals surface area contributed by atoms with Gasteiger partial charge in [0.25, 0.3) is 0 Å². The van der Waals surface area contributed by atoms with Crippen LogP contribution < -0.4 is 5.32 Å². The minimum atomic E-state index is -4.56. The maximum Gasteiger partial charge on any atom is 0.416 e. The van der Waals surface area contributed by atoms with Crippen LogP contribution in [0.3, 0.4) is 0 Å². The molecule has 1 nitrogen and oxygen atoms in total. The summed E-state index contributed by atoms with van der Waals surface area (Å²) in [6.45, 7) is -0.0181. The first-order chi connectivity index (χ1) is 9.36. The van der Waals surface area contributed by atoms with Crippen LogP contribution >= 0.6 is 22.6 Å². The SMILES string of the molecule is Fc1ccc(CNc2ccc(I)cc2)c(C(F)(F)F)c1. The first-order valence-corrected chi connectivity index (χ1v) is 6.79. The Hall–Kier alpha value is -1.31. The fourth-order valence-electron chi connectivity index (χ4n) is 1.73. The molecule has 2 rings (SSSR count). The van der Waals surface area contributed by atoms with Crippen molar-refractivity contribution in [2.45, 2.75) is 12.7 Å². The number of halogens is 5. The van der Waals surface area contributed by atoms with Crippen LogP contribution in [-0.2, 0) is 12.7 Å². The van der Waals surface area contributed by atoms with Gasteiger partial charge in [-0.1, -0.05) is 6.07 Å². The van der Waals surface area contributed by atoms with Gasteiger partial charge in [-0.2, -0.15) is 13.2 Å². The molecule has 0 radical (unpaired) electrons. The molecule has 0 saturated carbocycles. The average molecular weight is 395 g/mol. The van der Waals surface area contributed by atoms with E-state index in [0.717, 1.165) is 15.7 Å². The largest absolute Gasteiger partial charge is 0.416 e. The molecule has 1 N–H and O–H groups in total. The molecule has 0 aliphatic carbocycles. The van der Waals surface area contributed by atoms with Gasteiger partial charge >= 0.3 is 6.18 Å². The van der Waals surface area contributed by atoms with Crippen molar-refractivity contribution < 1.29 is 17.6 Å². The molecule has 0 unspecified atom stereocenters. The molecule has 0 aliphatic rings. The highest BCUT2D eigenvalue weighted by Gasteiger charge is 2.33. The van der Waals surface area contributed by atoms with Gasteiger partial charge in [0.1, 0.15) is 5.82 Å². The Morgan fingerprint density at radius 3 is 2.25 bits per heavy atom. The molecule has 20 heavy (non-hydrogen) atoms. The van der Waals surface area contributed by atoms with Gasteiger partial charge in [0.15, 0.2) is 0 Å². The van der Waals surface area contributed by atoms with Gasteiger partial charge in [0.05, 0.1) is 5.56 Å². The summed E-state index contributed by atoms with van der Waals surface area (Å²) in [6, 6.07) is 9.94. The van der Waals surface area contributed by atoms with Crippen molar-refractivity contribution in [2.24, 2.45) is 0 Å². The van der Waals surface area contributed by atoms with Crippen molar-refractivity contribution in [3.05, 3.63) is 63.0 Å². The Labute approximate surface area is 127 Å². The maximum atomic E-state index is 13.0. The van der Waals surface area contributed by atoms with E-state index < -0.39 is 17.6 Å². The number of hydrogen-bond acceptors (Lipinski definition) is 1. The molecule has 2 aromatic carbocycles. The minimum absolute atomic E-state index is 0.0115. The van der Waals surface area contributed by atoms with E-state index in [9.17, 15) is 17.6 Å². The van der Waals surface area contributed by atoms with Crippen LogP contribution in [0, 0.1) is 9.39 Å². The molecule has 0 aromatic heterocycles. The summed E-state index contributed by atoms with van der Waals surface area (Å²) in [4.78, 5) is 0. The van der Waals surface area contributed by atoms with E-state index in [1.807, 2.05) is 12.1 Å². The number of benzene rings is 2. The highest BCUT2D eigenvalue weighted by molar-refractivity contribution is 14.1. The zero-order chi connectivity index (χ0) is 14.8. The molecular weight excluding hydrogens is 385 g/mol. The summed E-state index contributed by atoms with van der Waals surface area (Å²) >= 11 is 2.14. The quantitative estimate of drug-likeness (QED) is 0.566. The number of hydrogen-bond donors (Lipinski definition) is 1. The second-order valence-corrected chi connectivity index (χ2v) is 5.41. The monoisotopic (exact) mass is 395 g/mol. The number of alkyl halides is 3. The number of anilines is 1. The molecule has 0 spiro atoms. The Morgan fingerprint density at radius 1 is 1.00 bits per heavy atom. The Bertz CT molecular complexity index is 593.